The van der Waals surface area contributed by atoms with Gasteiger partial charge in [0.1, 0.15) is 10.7 Å². The van der Waals surface area contributed by atoms with Crippen molar-refractivity contribution in [3.05, 3.63) is 20.6 Å². The Morgan fingerprint density at radius 2 is 2.18 bits per heavy atom. The lowest BCUT2D eigenvalue weighted by Gasteiger charge is -2.02. The van der Waals surface area contributed by atoms with Gasteiger partial charge in [-0.25, -0.2) is 13.1 Å². The zero-order valence-electron chi connectivity index (χ0n) is 8.98. The number of anilines is 1. The van der Waals surface area contributed by atoms with Crippen LogP contribution in [0.15, 0.2) is 14.7 Å². The van der Waals surface area contributed by atoms with Gasteiger partial charge in [0.25, 0.3) is 16.0 Å². The molecule has 0 saturated heterocycles. The molecule has 2 aromatic heterocycles. The summed E-state index contributed by atoms with van der Waals surface area (Å²) in [6.45, 7) is 3.43. The van der Waals surface area contributed by atoms with E-state index in [-0.39, 0.29) is 10.8 Å². The quantitative estimate of drug-likeness (QED) is 0.897. The molecule has 0 saturated carbocycles. The summed E-state index contributed by atoms with van der Waals surface area (Å²) in [5.74, 6) is 0.593. The minimum atomic E-state index is -3.62. The van der Waals surface area contributed by atoms with Crippen molar-refractivity contribution in [2.75, 3.05) is 4.72 Å². The van der Waals surface area contributed by atoms with Gasteiger partial charge >= 0.3 is 0 Å². The van der Waals surface area contributed by atoms with Crippen LogP contribution in [0.4, 0.5) is 5.95 Å². The number of rotatable bonds is 3. The number of H-pyrrole nitrogens is 1. The number of hydrogen-bond acceptors (Lipinski definition) is 5. The number of sulfonamides is 1. The normalized spacial score (nSPS) is 11.7. The number of thiophene rings is 1. The minimum absolute atomic E-state index is 0.0456. The Morgan fingerprint density at radius 3 is 2.65 bits per heavy atom. The molecule has 0 bridgehead atoms. The molecule has 17 heavy (non-hydrogen) atoms. The molecule has 0 amide bonds. The number of hydrogen-bond donors (Lipinski definition) is 2. The average Bonchev–Trinajstić information content (AvgIpc) is 2.72. The van der Waals surface area contributed by atoms with Gasteiger partial charge in [-0.2, -0.15) is 4.98 Å². The zero-order valence-corrected chi connectivity index (χ0v) is 12.2. The first-order valence-corrected chi connectivity index (χ1v) is 7.65. The minimum Gasteiger partial charge on any atom is -0.261 e. The van der Waals surface area contributed by atoms with Gasteiger partial charge in [0.15, 0.2) is 0 Å². The van der Waals surface area contributed by atoms with Crippen LogP contribution < -0.4 is 4.72 Å². The molecule has 0 spiro atoms. The van der Waals surface area contributed by atoms with Crippen molar-refractivity contribution in [1.29, 1.82) is 0 Å². The van der Waals surface area contributed by atoms with Gasteiger partial charge in [0.2, 0.25) is 0 Å². The molecule has 2 heterocycles. The monoisotopic (exact) mass is 336 g/mol. The van der Waals surface area contributed by atoms with E-state index in [1.807, 2.05) is 0 Å². The molecule has 0 unspecified atom stereocenters. The smallest absolute Gasteiger partial charge is 0.261 e. The lowest BCUT2D eigenvalue weighted by molar-refractivity contribution is 0.600. The number of aromatic amines is 1. The van der Waals surface area contributed by atoms with Gasteiger partial charge in [-0.1, -0.05) is 0 Å². The van der Waals surface area contributed by atoms with Crippen molar-refractivity contribution in [3.8, 4) is 0 Å². The standard InChI is InChI=1S/C8H9BrN4O2S2/c1-4-6(3-7(9)16-4)17(14,15)13-8-10-5(2)11-12-8/h3H,1-2H3,(H2,10,11,12,13). The molecule has 6 nitrogen and oxygen atoms in total. The Bertz CT molecular complexity index is 646. The Labute approximate surface area is 111 Å². The Kier molecular flexibility index (Phi) is 3.23. The topological polar surface area (TPSA) is 87.7 Å². The second-order valence-electron chi connectivity index (χ2n) is 3.32. The second-order valence-corrected chi connectivity index (χ2v) is 7.61. The van der Waals surface area contributed by atoms with Gasteiger partial charge in [-0.05, 0) is 35.8 Å². The molecule has 0 radical (unpaired) electrons. The maximum atomic E-state index is 12.0. The SMILES string of the molecule is Cc1nc(NS(=O)(=O)c2cc(Br)sc2C)n[nH]1. The van der Waals surface area contributed by atoms with Crippen molar-refractivity contribution in [2.45, 2.75) is 18.7 Å². The van der Waals surface area contributed by atoms with Crippen LogP contribution in [0.3, 0.4) is 0 Å². The van der Waals surface area contributed by atoms with Crippen LogP contribution in [0.1, 0.15) is 10.7 Å². The first-order chi connectivity index (χ1) is 7.88. The van der Waals surface area contributed by atoms with Crippen molar-refractivity contribution in [3.63, 3.8) is 0 Å². The Balaban J connectivity index is 2.34. The highest BCUT2D eigenvalue weighted by molar-refractivity contribution is 9.11. The Hall–Kier alpha value is -0.930. The molecule has 0 aromatic carbocycles. The van der Waals surface area contributed by atoms with E-state index in [0.717, 1.165) is 3.79 Å². The van der Waals surface area contributed by atoms with E-state index in [2.05, 4.69) is 35.8 Å². The van der Waals surface area contributed by atoms with Crippen molar-refractivity contribution in [2.24, 2.45) is 0 Å². The highest BCUT2D eigenvalue weighted by atomic mass is 79.9. The molecule has 0 aliphatic heterocycles. The summed E-state index contributed by atoms with van der Waals surface area (Å²) >= 11 is 4.61. The van der Waals surface area contributed by atoms with Crippen LogP contribution in [-0.2, 0) is 10.0 Å². The molecule has 0 atom stereocenters. The van der Waals surface area contributed by atoms with E-state index in [1.54, 1.807) is 19.9 Å². The predicted molar refractivity (Wildman–Crippen MR) is 68.7 cm³/mol. The van der Waals surface area contributed by atoms with E-state index >= 15 is 0 Å². The lowest BCUT2D eigenvalue weighted by atomic mass is 10.5. The first kappa shape index (κ1) is 12.5. The fourth-order valence-corrected chi connectivity index (χ4v) is 4.62. The largest absolute Gasteiger partial charge is 0.265 e. The van der Waals surface area contributed by atoms with Gasteiger partial charge in [-0.3, -0.25) is 5.10 Å². The maximum Gasteiger partial charge on any atom is 0.265 e. The third kappa shape index (κ3) is 2.67. The highest BCUT2D eigenvalue weighted by Gasteiger charge is 2.21. The van der Waals surface area contributed by atoms with E-state index < -0.39 is 10.0 Å². The summed E-state index contributed by atoms with van der Waals surface area (Å²) < 4.78 is 27.1. The number of nitrogens with zero attached hydrogens (tertiary/aromatic N) is 2. The number of aromatic nitrogens is 3. The maximum absolute atomic E-state index is 12.0. The number of nitrogens with one attached hydrogen (secondary N) is 2. The Morgan fingerprint density at radius 1 is 1.47 bits per heavy atom. The van der Waals surface area contributed by atoms with Crippen LogP contribution in [0.25, 0.3) is 0 Å². The summed E-state index contributed by atoms with van der Waals surface area (Å²) in [5, 5.41) is 6.30. The van der Waals surface area contributed by atoms with E-state index in [4.69, 9.17) is 0 Å². The van der Waals surface area contributed by atoms with Crippen molar-refractivity contribution < 1.29 is 8.42 Å². The summed E-state index contributed by atoms with van der Waals surface area (Å²) in [4.78, 5) is 4.83. The van der Waals surface area contributed by atoms with Crippen LogP contribution >= 0.6 is 27.3 Å². The van der Waals surface area contributed by atoms with Crippen LogP contribution in [0.2, 0.25) is 0 Å². The summed E-state index contributed by atoms with van der Waals surface area (Å²) in [7, 11) is -3.62. The van der Waals surface area contributed by atoms with Crippen LogP contribution in [0, 0.1) is 13.8 Å². The predicted octanol–water partition coefficient (Wildman–Crippen LogP) is 2.05. The average molecular weight is 337 g/mol. The summed E-state index contributed by atoms with van der Waals surface area (Å²) in [6, 6.07) is 1.56. The lowest BCUT2D eigenvalue weighted by Crippen LogP contribution is -2.14. The van der Waals surface area contributed by atoms with Gasteiger partial charge in [0.05, 0.1) is 3.79 Å². The molecular weight excluding hydrogens is 328 g/mol. The third-order valence-corrected chi connectivity index (χ3v) is 5.09. The van der Waals surface area contributed by atoms with Gasteiger partial charge in [0, 0.05) is 4.88 Å². The number of halogens is 1. The van der Waals surface area contributed by atoms with E-state index in [1.165, 1.54) is 11.3 Å². The molecule has 2 rings (SSSR count). The van der Waals surface area contributed by atoms with Gasteiger partial charge < -0.3 is 0 Å². The van der Waals surface area contributed by atoms with Crippen LogP contribution in [0.5, 0.6) is 0 Å². The number of aryl methyl sites for hydroxylation is 2. The fourth-order valence-electron chi connectivity index (χ4n) is 1.26. The highest BCUT2D eigenvalue weighted by Crippen LogP contribution is 2.30. The van der Waals surface area contributed by atoms with E-state index in [9.17, 15) is 8.42 Å². The second kappa shape index (κ2) is 4.39. The summed E-state index contributed by atoms with van der Waals surface area (Å²) in [5.41, 5.74) is 0. The fraction of sp³-hybridized carbons (Fsp3) is 0.250. The summed E-state index contributed by atoms with van der Waals surface area (Å²) in [6.07, 6.45) is 0. The van der Waals surface area contributed by atoms with Crippen molar-refractivity contribution in [1.82, 2.24) is 15.2 Å². The molecule has 92 valence electrons. The molecule has 0 aliphatic carbocycles. The molecule has 2 N–H and O–H groups in total. The zero-order chi connectivity index (χ0) is 12.6. The molecule has 2 aromatic rings. The third-order valence-electron chi connectivity index (χ3n) is 1.95. The van der Waals surface area contributed by atoms with Gasteiger partial charge in [-0.15, -0.1) is 16.4 Å². The molecular formula is C8H9BrN4O2S2. The van der Waals surface area contributed by atoms with E-state index in [0.29, 0.717) is 10.7 Å². The molecule has 9 heteroatoms. The molecule has 0 fully saturated rings. The van der Waals surface area contributed by atoms with Crippen LogP contribution in [-0.4, -0.2) is 23.6 Å². The first-order valence-electron chi connectivity index (χ1n) is 4.56. The molecule has 0 aliphatic rings. The van der Waals surface area contributed by atoms with Crippen molar-refractivity contribution >= 4 is 43.2 Å².